The molecule has 0 amide bonds. The van der Waals surface area contributed by atoms with Crippen molar-refractivity contribution in [2.75, 3.05) is 13.2 Å². The van der Waals surface area contributed by atoms with Crippen LogP contribution in [0.5, 0.6) is 0 Å². The lowest BCUT2D eigenvalue weighted by molar-refractivity contribution is -0.166. The van der Waals surface area contributed by atoms with E-state index in [0.717, 1.165) is 45.3 Å². The fourth-order valence-electron chi connectivity index (χ4n) is 7.81. The molecule has 3 nitrogen and oxygen atoms in total. The standard InChI is InChI=1S/C25H42O3/c1-5-13-27-18-9-11-24(3)17(15-18)16-21(26)23-19-7-8-22(28-14-6-2)25(19,4)12-10-20(23)24/h17-20,22-23H,5-16H2,1-4H3/t17-,18+,19-,20+,22+,23+,24+,25+/m1/s1. The Bertz CT molecular complexity index is 574. The zero-order valence-corrected chi connectivity index (χ0v) is 18.7. The van der Waals surface area contributed by atoms with Gasteiger partial charge in [0, 0.05) is 25.6 Å². The molecule has 0 heterocycles. The highest BCUT2D eigenvalue weighted by Gasteiger charge is 2.63. The lowest BCUT2D eigenvalue weighted by Crippen LogP contribution is -2.57. The number of carbonyl (C=O) groups excluding carboxylic acids is 1. The second-order valence-electron chi connectivity index (χ2n) is 10.9. The van der Waals surface area contributed by atoms with Gasteiger partial charge >= 0.3 is 0 Å². The molecule has 160 valence electrons. The summed E-state index contributed by atoms with van der Waals surface area (Å²) < 4.78 is 12.4. The summed E-state index contributed by atoms with van der Waals surface area (Å²) in [4.78, 5) is 13.5. The van der Waals surface area contributed by atoms with Gasteiger partial charge in [-0.25, -0.2) is 0 Å². The number of hydrogen-bond donors (Lipinski definition) is 0. The van der Waals surface area contributed by atoms with E-state index in [1.54, 1.807) is 0 Å². The van der Waals surface area contributed by atoms with Crippen LogP contribution >= 0.6 is 0 Å². The summed E-state index contributed by atoms with van der Waals surface area (Å²) >= 11 is 0. The van der Waals surface area contributed by atoms with Crippen molar-refractivity contribution in [3.63, 3.8) is 0 Å². The van der Waals surface area contributed by atoms with Crippen molar-refractivity contribution in [2.24, 2.45) is 34.5 Å². The first-order chi connectivity index (χ1) is 13.4. The average molecular weight is 391 g/mol. The number of fused-ring (bicyclic) bond motifs is 5. The van der Waals surface area contributed by atoms with Crippen LogP contribution in [-0.4, -0.2) is 31.2 Å². The Labute approximate surface area is 172 Å². The Balaban J connectivity index is 1.52. The van der Waals surface area contributed by atoms with Crippen LogP contribution in [0.25, 0.3) is 0 Å². The molecule has 0 radical (unpaired) electrons. The van der Waals surface area contributed by atoms with E-state index < -0.39 is 0 Å². The van der Waals surface area contributed by atoms with E-state index in [1.165, 1.54) is 32.1 Å². The zero-order chi connectivity index (χ0) is 19.9. The Morgan fingerprint density at radius 3 is 2.32 bits per heavy atom. The third kappa shape index (κ3) is 3.29. The minimum atomic E-state index is 0.219. The van der Waals surface area contributed by atoms with E-state index in [1.807, 2.05) is 0 Å². The van der Waals surface area contributed by atoms with E-state index >= 15 is 0 Å². The molecule has 4 aliphatic carbocycles. The van der Waals surface area contributed by atoms with Crippen LogP contribution in [0.3, 0.4) is 0 Å². The first-order valence-electron chi connectivity index (χ1n) is 12.2. The van der Waals surface area contributed by atoms with Crippen molar-refractivity contribution < 1.29 is 14.3 Å². The molecule has 4 rings (SSSR count). The third-order valence-corrected chi connectivity index (χ3v) is 9.42. The zero-order valence-electron chi connectivity index (χ0n) is 18.7. The molecule has 8 atom stereocenters. The Morgan fingerprint density at radius 2 is 1.57 bits per heavy atom. The van der Waals surface area contributed by atoms with Gasteiger partial charge in [-0.05, 0) is 86.4 Å². The molecule has 3 heteroatoms. The first-order valence-corrected chi connectivity index (χ1v) is 12.2. The van der Waals surface area contributed by atoms with Crippen molar-refractivity contribution in [3.05, 3.63) is 0 Å². The molecule has 0 aromatic heterocycles. The lowest BCUT2D eigenvalue weighted by Gasteiger charge is -2.60. The fraction of sp³-hybridized carbons (Fsp3) is 0.960. The van der Waals surface area contributed by atoms with Crippen molar-refractivity contribution in [2.45, 2.75) is 104 Å². The minimum Gasteiger partial charge on any atom is -0.378 e. The van der Waals surface area contributed by atoms with Crippen molar-refractivity contribution in [3.8, 4) is 0 Å². The van der Waals surface area contributed by atoms with E-state index in [0.29, 0.717) is 47.1 Å². The topological polar surface area (TPSA) is 35.5 Å². The minimum absolute atomic E-state index is 0.219. The van der Waals surface area contributed by atoms with Crippen molar-refractivity contribution >= 4 is 5.78 Å². The molecule has 0 unspecified atom stereocenters. The van der Waals surface area contributed by atoms with Crippen molar-refractivity contribution in [1.29, 1.82) is 0 Å². The molecule has 0 N–H and O–H groups in total. The van der Waals surface area contributed by atoms with Crippen LogP contribution in [0.2, 0.25) is 0 Å². The summed E-state index contributed by atoms with van der Waals surface area (Å²) in [7, 11) is 0. The molecular weight excluding hydrogens is 348 g/mol. The van der Waals surface area contributed by atoms with E-state index in [-0.39, 0.29) is 5.41 Å². The molecule has 0 saturated heterocycles. The van der Waals surface area contributed by atoms with Crippen LogP contribution in [-0.2, 0) is 14.3 Å². The van der Waals surface area contributed by atoms with Crippen LogP contribution < -0.4 is 0 Å². The van der Waals surface area contributed by atoms with E-state index in [4.69, 9.17) is 9.47 Å². The average Bonchev–Trinajstić information content (AvgIpc) is 3.01. The predicted molar refractivity (Wildman–Crippen MR) is 112 cm³/mol. The molecule has 28 heavy (non-hydrogen) atoms. The number of rotatable bonds is 6. The van der Waals surface area contributed by atoms with Gasteiger partial charge in [-0.3, -0.25) is 4.79 Å². The van der Waals surface area contributed by atoms with Gasteiger partial charge in [0.1, 0.15) is 5.78 Å². The van der Waals surface area contributed by atoms with Crippen LogP contribution in [0.15, 0.2) is 0 Å². The van der Waals surface area contributed by atoms with Gasteiger partial charge in [-0.15, -0.1) is 0 Å². The van der Waals surface area contributed by atoms with Gasteiger partial charge < -0.3 is 9.47 Å². The van der Waals surface area contributed by atoms with Gasteiger partial charge in [0.2, 0.25) is 0 Å². The summed E-state index contributed by atoms with van der Waals surface area (Å²) in [6, 6.07) is 0. The molecule has 4 aliphatic rings. The maximum atomic E-state index is 13.5. The second-order valence-corrected chi connectivity index (χ2v) is 10.9. The second kappa shape index (κ2) is 8.02. The summed E-state index contributed by atoms with van der Waals surface area (Å²) in [6.45, 7) is 11.1. The maximum absolute atomic E-state index is 13.5. The molecular formula is C25H42O3. The number of ketones is 1. The highest BCUT2D eigenvalue weighted by Crippen LogP contribution is 2.65. The van der Waals surface area contributed by atoms with E-state index in [2.05, 4.69) is 27.7 Å². The fourth-order valence-corrected chi connectivity index (χ4v) is 7.81. The molecule has 0 spiro atoms. The first kappa shape index (κ1) is 20.8. The highest BCUT2D eigenvalue weighted by molar-refractivity contribution is 5.83. The number of ether oxygens (including phenoxy) is 2. The summed E-state index contributed by atoms with van der Waals surface area (Å²) in [6.07, 6.45) is 12.1. The summed E-state index contributed by atoms with van der Waals surface area (Å²) in [5.74, 6) is 2.55. The van der Waals surface area contributed by atoms with Gasteiger partial charge in [-0.1, -0.05) is 27.7 Å². The SMILES string of the molecule is CCCO[C@H]1CC[C@@]2(C)[C@@H](CC(=O)[C@H]3[C@H]4CC[C@H](OCCC)[C@@]4(C)CC[C@@H]32)C1. The summed E-state index contributed by atoms with van der Waals surface area (Å²) in [5.41, 5.74) is 0.560. The summed E-state index contributed by atoms with van der Waals surface area (Å²) in [5, 5.41) is 0. The Hall–Kier alpha value is -0.410. The van der Waals surface area contributed by atoms with E-state index in [9.17, 15) is 4.79 Å². The Kier molecular flexibility index (Phi) is 5.97. The molecule has 4 fully saturated rings. The Morgan fingerprint density at radius 1 is 0.893 bits per heavy atom. The molecule has 0 aromatic carbocycles. The van der Waals surface area contributed by atoms with Gasteiger partial charge in [-0.2, -0.15) is 0 Å². The smallest absolute Gasteiger partial charge is 0.136 e. The van der Waals surface area contributed by atoms with Gasteiger partial charge in [0.15, 0.2) is 0 Å². The lowest BCUT2D eigenvalue weighted by atomic mass is 9.45. The largest absolute Gasteiger partial charge is 0.378 e. The third-order valence-electron chi connectivity index (χ3n) is 9.42. The normalized spacial score (nSPS) is 48.1. The molecule has 0 aliphatic heterocycles. The number of hydrogen-bond acceptors (Lipinski definition) is 3. The number of carbonyl (C=O) groups is 1. The van der Waals surface area contributed by atoms with Crippen LogP contribution in [0, 0.1) is 34.5 Å². The predicted octanol–water partition coefficient (Wildman–Crippen LogP) is 5.80. The number of Topliss-reactive ketones (excluding diaryl/α,β-unsaturated/α-hetero) is 1. The highest BCUT2D eigenvalue weighted by atomic mass is 16.5. The van der Waals surface area contributed by atoms with Crippen LogP contribution in [0.4, 0.5) is 0 Å². The van der Waals surface area contributed by atoms with Crippen LogP contribution in [0.1, 0.15) is 91.9 Å². The molecule has 0 bridgehead atoms. The van der Waals surface area contributed by atoms with Gasteiger partial charge in [0.05, 0.1) is 12.2 Å². The molecule has 0 aromatic rings. The maximum Gasteiger partial charge on any atom is 0.136 e. The quantitative estimate of drug-likeness (QED) is 0.575. The van der Waals surface area contributed by atoms with Gasteiger partial charge in [0.25, 0.3) is 0 Å². The molecule has 4 saturated carbocycles. The van der Waals surface area contributed by atoms with Crippen molar-refractivity contribution in [1.82, 2.24) is 0 Å². The monoisotopic (exact) mass is 390 g/mol.